The summed E-state index contributed by atoms with van der Waals surface area (Å²) in [4.78, 5) is 35.1. The summed E-state index contributed by atoms with van der Waals surface area (Å²) in [6, 6.07) is 9.52. The Morgan fingerprint density at radius 3 is 2.80 bits per heavy atom. The van der Waals surface area contributed by atoms with Gasteiger partial charge in [-0.3, -0.25) is 9.59 Å². The molecular formula is C17H12BrNO6. The van der Waals surface area contributed by atoms with Crippen LogP contribution >= 0.6 is 15.9 Å². The second kappa shape index (κ2) is 7.35. The van der Waals surface area contributed by atoms with Gasteiger partial charge in [0.2, 0.25) is 0 Å². The van der Waals surface area contributed by atoms with Crippen molar-refractivity contribution in [3.63, 3.8) is 0 Å². The summed E-state index contributed by atoms with van der Waals surface area (Å²) in [5.74, 6) is -1.05. The van der Waals surface area contributed by atoms with E-state index in [-0.39, 0.29) is 18.9 Å². The predicted octanol–water partition coefficient (Wildman–Crippen LogP) is 2.62. The zero-order valence-electron chi connectivity index (χ0n) is 12.8. The second-order valence-corrected chi connectivity index (χ2v) is 5.97. The zero-order chi connectivity index (χ0) is 17.8. The fraction of sp³-hybridized carbons (Fsp3) is 0.118. The molecule has 1 N–H and O–H groups in total. The van der Waals surface area contributed by atoms with Crippen molar-refractivity contribution in [2.45, 2.75) is 6.61 Å². The minimum absolute atomic E-state index is 0.102. The van der Waals surface area contributed by atoms with Gasteiger partial charge in [-0.15, -0.1) is 0 Å². The first-order valence-electron chi connectivity index (χ1n) is 7.22. The van der Waals surface area contributed by atoms with Gasteiger partial charge >= 0.3 is 11.6 Å². The summed E-state index contributed by atoms with van der Waals surface area (Å²) in [6.45, 7) is -0.427. The number of rotatable bonds is 5. The highest BCUT2D eigenvalue weighted by molar-refractivity contribution is 9.10. The maximum atomic E-state index is 11.8. The quantitative estimate of drug-likeness (QED) is 0.517. The summed E-state index contributed by atoms with van der Waals surface area (Å²) >= 11 is 3.30. The topological polar surface area (TPSA) is 98.8 Å². The van der Waals surface area contributed by atoms with Crippen molar-refractivity contribution in [1.29, 1.82) is 0 Å². The van der Waals surface area contributed by atoms with E-state index >= 15 is 0 Å². The fourth-order valence-electron chi connectivity index (χ4n) is 2.18. The van der Waals surface area contributed by atoms with Crippen LogP contribution in [0, 0.1) is 0 Å². The summed E-state index contributed by atoms with van der Waals surface area (Å²) in [6.07, 6.45) is 1.36. The van der Waals surface area contributed by atoms with Crippen LogP contribution in [0.2, 0.25) is 0 Å². The van der Waals surface area contributed by atoms with Gasteiger partial charge in [-0.1, -0.05) is 15.9 Å². The SMILES string of the molecule is O=C(CNC(=O)c1ccco1)OCc1cc(=O)oc2cc(Br)ccc12. The number of esters is 1. The van der Waals surface area contributed by atoms with Crippen LogP contribution in [-0.2, 0) is 16.1 Å². The van der Waals surface area contributed by atoms with Crippen LogP contribution in [0.15, 0.2) is 60.8 Å². The lowest BCUT2D eigenvalue weighted by molar-refractivity contribution is -0.143. The summed E-state index contributed by atoms with van der Waals surface area (Å²) in [7, 11) is 0. The number of carbonyl (C=O) groups excluding carboxylic acids is 2. The van der Waals surface area contributed by atoms with E-state index in [1.807, 2.05) is 0 Å². The molecule has 0 spiro atoms. The average Bonchev–Trinajstić information content (AvgIpc) is 3.11. The minimum Gasteiger partial charge on any atom is -0.459 e. The van der Waals surface area contributed by atoms with Gasteiger partial charge in [0.15, 0.2) is 5.76 Å². The molecule has 0 unspecified atom stereocenters. The molecule has 0 aliphatic rings. The van der Waals surface area contributed by atoms with Gasteiger partial charge in [0.25, 0.3) is 5.91 Å². The standard InChI is InChI=1S/C17H12BrNO6/c18-11-3-4-12-10(6-15(20)25-14(12)7-11)9-24-16(21)8-19-17(22)13-2-1-5-23-13/h1-7H,8-9H2,(H,19,22). The summed E-state index contributed by atoms with van der Waals surface area (Å²) in [5, 5.41) is 3.05. The molecule has 0 saturated carbocycles. The van der Waals surface area contributed by atoms with Gasteiger partial charge in [-0.2, -0.15) is 0 Å². The zero-order valence-corrected chi connectivity index (χ0v) is 14.4. The van der Waals surface area contributed by atoms with E-state index in [1.165, 1.54) is 18.4 Å². The maximum Gasteiger partial charge on any atom is 0.336 e. The van der Waals surface area contributed by atoms with Crippen LogP contribution in [0.25, 0.3) is 11.0 Å². The van der Waals surface area contributed by atoms with Gasteiger partial charge in [0.05, 0.1) is 6.26 Å². The lowest BCUT2D eigenvalue weighted by Crippen LogP contribution is -2.30. The Morgan fingerprint density at radius 1 is 1.20 bits per heavy atom. The largest absolute Gasteiger partial charge is 0.459 e. The molecule has 0 aliphatic carbocycles. The van der Waals surface area contributed by atoms with Gasteiger partial charge in [0.1, 0.15) is 18.7 Å². The van der Waals surface area contributed by atoms with Crippen LogP contribution in [0.4, 0.5) is 0 Å². The molecule has 2 heterocycles. The Morgan fingerprint density at radius 2 is 2.04 bits per heavy atom. The van der Waals surface area contributed by atoms with E-state index in [2.05, 4.69) is 21.2 Å². The third kappa shape index (κ3) is 4.16. The van der Waals surface area contributed by atoms with Crippen LogP contribution in [0.3, 0.4) is 0 Å². The van der Waals surface area contributed by atoms with E-state index < -0.39 is 17.5 Å². The Bertz CT molecular complexity index is 976. The van der Waals surface area contributed by atoms with Crippen molar-refractivity contribution in [2.75, 3.05) is 6.54 Å². The first-order chi connectivity index (χ1) is 12.0. The Balaban J connectivity index is 1.63. The monoisotopic (exact) mass is 405 g/mol. The number of benzene rings is 1. The highest BCUT2D eigenvalue weighted by Gasteiger charge is 2.12. The average molecular weight is 406 g/mol. The number of ether oxygens (including phenoxy) is 1. The van der Waals surface area contributed by atoms with E-state index in [0.717, 1.165) is 4.47 Å². The van der Waals surface area contributed by atoms with Gasteiger partial charge in [-0.25, -0.2) is 4.79 Å². The predicted molar refractivity (Wildman–Crippen MR) is 91.0 cm³/mol. The van der Waals surface area contributed by atoms with Gasteiger partial charge in [0, 0.05) is 21.5 Å². The molecule has 3 aromatic rings. The fourth-order valence-corrected chi connectivity index (χ4v) is 2.52. The van der Waals surface area contributed by atoms with Crippen LogP contribution in [-0.4, -0.2) is 18.4 Å². The molecule has 0 saturated heterocycles. The van der Waals surface area contributed by atoms with E-state index in [9.17, 15) is 14.4 Å². The molecule has 128 valence electrons. The molecular weight excluding hydrogens is 394 g/mol. The third-order valence-electron chi connectivity index (χ3n) is 3.32. The van der Waals surface area contributed by atoms with Crippen molar-refractivity contribution in [1.82, 2.24) is 5.32 Å². The van der Waals surface area contributed by atoms with Crippen molar-refractivity contribution >= 4 is 38.8 Å². The number of carbonyl (C=O) groups is 2. The van der Waals surface area contributed by atoms with Crippen LogP contribution < -0.4 is 10.9 Å². The van der Waals surface area contributed by atoms with Crippen LogP contribution in [0.1, 0.15) is 16.1 Å². The van der Waals surface area contributed by atoms with E-state index in [1.54, 1.807) is 24.3 Å². The Labute approximate surface area is 149 Å². The second-order valence-electron chi connectivity index (χ2n) is 5.05. The van der Waals surface area contributed by atoms with Gasteiger partial charge < -0.3 is 18.9 Å². The van der Waals surface area contributed by atoms with Crippen molar-refractivity contribution < 1.29 is 23.2 Å². The number of hydrogen-bond acceptors (Lipinski definition) is 6. The Hall–Kier alpha value is -2.87. The lowest BCUT2D eigenvalue weighted by Gasteiger charge is -2.08. The van der Waals surface area contributed by atoms with Crippen molar-refractivity contribution in [2.24, 2.45) is 0 Å². The lowest BCUT2D eigenvalue weighted by atomic mass is 10.1. The smallest absolute Gasteiger partial charge is 0.336 e. The maximum absolute atomic E-state index is 11.8. The molecule has 0 fully saturated rings. The molecule has 25 heavy (non-hydrogen) atoms. The molecule has 2 aromatic heterocycles. The van der Waals surface area contributed by atoms with Gasteiger partial charge in [-0.05, 0) is 30.3 Å². The normalized spacial score (nSPS) is 10.6. The first-order valence-corrected chi connectivity index (χ1v) is 8.02. The molecule has 8 heteroatoms. The van der Waals surface area contributed by atoms with E-state index in [0.29, 0.717) is 16.5 Å². The highest BCUT2D eigenvalue weighted by Crippen LogP contribution is 2.22. The number of furan rings is 1. The number of amides is 1. The molecule has 0 bridgehead atoms. The number of halogens is 1. The van der Waals surface area contributed by atoms with Crippen LogP contribution in [0.5, 0.6) is 0 Å². The molecule has 0 radical (unpaired) electrons. The third-order valence-corrected chi connectivity index (χ3v) is 3.81. The highest BCUT2D eigenvalue weighted by atomic mass is 79.9. The molecule has 0 aliphatic heterocycles. The number of fused-ring (bicyclic) bond motifs is 1. The summed E-state index contributed by atoms with van der Waals surface area (Å²) < 4.78 is 15.9. The summed E-state index contributed by atoms with van der Waals surface area (Å²) in [5.41, 5.74) is 0.367. The van der Waals surface area contributed by atoms with Crippen molar-refractivity contribution in [3.05, 3.63) is 68.9 Å². The number of nitrogens with one attached hydrogen (secondary N) is 1. The molecule has 0 atom stereocenters. The van der Waals surface area contributed by atoms with Crippen molar-refractivity contribution in [3.8, 4) is 0 Å². The van der Waals surface area contributed by atoms with E-state index in [4.69, 9.17) is 13.6 Å². The Kier molecular flexibility index (Phi) is 4.99. The molecule has 7 nitrogen and oxygen atoms in total. The molecule has 3 rings (SSSR count). The number of hydrogen-bond donors (Lipinski definition) is 1. The molecule has 1 amide bonds. The minimum atomic E-state index is -0.640. The first kappa shape index (κ1) is 17.0. The molecule has 1 aromatic carbocycles.